The third-order valence-corrected chi connectivity index (χ3v) is 14.7. The molecular weight excluding hydrogens is 853 g/mol. The van der Waals surface area contributed by atoms with Gasteiger partial charge in [0.25, 0.3) is 0 Å². The Labute approximate surface area is 405 Å². The summed E-state index contributed by atoms with van der Waals surface area (Å²) in [7, 11) is 0. The van der Waals surface area contributed by atoms with Crippen LogP contribution in [-0.4, -0.2) is 37.7 Å². The predicted octanol–water partition coefficient (Wildman–Crippen LogP) is 11.1. The van der Waals surface area contributed by atoms with E-state index in [4.69, 9.17) is 0 Å². The minimum Gasteiger partial charge on any atom is -0.337 e. The van der Waals surface area contributed by atoms with Gasteiger partial charge in [-0.3, -0.25) is 0 Å². The van der Waals surface area contributed by atoms with E-state index in [2.05, 4.69) is 123 Å². The fraction of sp³-hybridized carbons (Fsp3) is 0.250. The van der Waals surface area contributed by atoms with Crippen LogP contribution >= 0.6 is 0 Å². The molecule has 6 amide bonds. The van der Waals surface area contributed by atoms with Gasteiger partial charge in [0.15, 0.2) is 0 Å². The van der Waals surface area contributed by atoms with Crippen molar-refractivity contribution in [3.63, 3.8) is 0 Å². The van der Waals surface area contributed by atoms with E-state index in [0.29, 0.717) is 19.6 Å². The molecule has 0 bridgehead atoms. The molecule has 0 unspecified atom stereocenters. The van der Waals surface area contributed by atoms with Crippen molar-refractivity contribution >= 4 is 35.2 Å². The highest BCUT2D eigenvalue weighted by molar-refractivity contribution is 5.90. The smallest absolute Gasteiger partial charge is 0.319 e. The lowest BCUT2D eigenvalue weighted by Gasteiger charge is -2.31. The number of hydrogen-bond donors (Lipinski definition) is 6. The van der Waals surface area contributed by atoms with E-state index in [-0.39, 0.29) is 34.3 Å². The third kappa shape index (κ3) is 10.6. The molecule has 0 atom stereocenters. The molecule has 10 rings (SSSR count). The predicted molar refractivity (Wildman–Crippen MR) is 277 cm³/mol. The van der Waals surface area contributed by atoms with Gasteiger partial charge in [-0.2, -0.15) is 0 Å². The SMILES string of the molecule is O=C(NCC1(Cc2ccccc2)Cc2c3c(c4c(c2C1)CC(CNC(=O)Nc1ccccc1)(Cc1ccccc1)C4)CC(CNC(=O)Nc1ccccc1)(Cc1ccccc1)C3)Nc1ccccc1. The van der Waals surface area contributed by atoms with Gasteiger partial charge in [0.05, 0.1) is 0 Å². The van der Waals surface area contributed by atoms with E-state index in [9.17, 15) is 14.4 Å². The molecule has 9 nitrogen and oxygen atoms in total. The molecule has 0 heterocycles. The Balaban J connectivity index is 1.04. The van der Waals surface area contributed by atoms with Gasteiger partial charge in [0, 0.05) is 36.7 Å². The third-order valence-electron chi connectivity index (χ3n) is 14.7. The molecule has 7 aromatic rings. The lowest BCUT2D eigenvalue weighted by atomic mass is 9.77. The first-order chi connectivity index (χ1) is 33.7. The number of para-hydroxylation sites is 3. The van der Waals surface area contributed by atoms with Crippen LogP contribution in [-0.2, 0) is 57.8 Å². The lowest BCUT2D eigenvalue weighted by molar-refractivity contribution is 0.236. The van der Waals surface area contributed by atoms with E-state index < -0.39 is 0 Å². The maximum Gasteiger partial charge on any atom is 0.319 e. The van der Waals surface area contributed by atoms with Crippen molar-refractivity contribution in [2.75, 3.05) is 35.6 Å². The second-order valence-corrected chi connectivity index (χ2v) is 19.9. The van der Waals surface area contributed by atoms with Gasteiger partial charge < -0.3 is 31.9 Å². The summed E-state index contributed by atoms with van der Waals surface area (Å²) in [6.07, 6.45) is 7.25. The summed E-state index contributed by atoms with van der Waals surface area (Å²) < 4.78 is 0. The van der Waals surface area contributed by atoms with Crippen LogP contribution < -0.4 is 31.9 Å². The van der Waals surface area contributed by atoms with E-state index in [1.54, 1.807) is 0 Å². The molecule has 0 spiro atoms. The zero-order chi connectivity index (χ0) is 47.1. The molecule has 0 radical (unpaired) electrons. The Bertz CT molecular complexity index is 2510. The molecule has 3 aliphatic carbocycles. The standard InChI is InChI=1S/C60H60N6O3/c67-55(64-46-25-13-4-14-26-46)61-40-58(31-43-19-7-1-8-20-43)34-49-50(35-58)52-37-60(33-45-23-11-3-12-24-45,42-63-57(69)66-48-29-17-6-18-30-48)39-54(52)53-38-59(36-51(49)53,32-44-21-9-2-10-22-44)41-62-56(68)65-47-27-15-5-16-28-47/h1-30H,31-42H2,(H2,61,64,67)(H2,62,65,68)(H2,63,66,69). The Morgan fingerprint density at radius 2 is 0.507 bits per heavy atom. The van der Waals surface area contributed by atoms with Crippen LogP contribution in [0.4, 0.5) is 31.4 Å². The number of amides is 6. The molecule has 0 saturated carbocycles. The number of nitrogens with one attached hydrogen (secondary N) is 6. The van der Waals surface area contributed by atoms with Gasteiger partial charge >= 0.3 is 18.1 Å². The van der Waals surface area contributed by atoms with Gasteiger partial charge in [0.2, 0.25) is 0 Å². The molecule has 9 heteroatoms. The fourth-order valence-corrected chi connectivity index (χ4v) is 11.7. The monoisotopic (exact) mass is 912 g/mol. The van der Waals surface area contributed by atoms with Crippen molar-refractivity contribution in [3.05, 3.63) is 232 Å². The average molecular weight is 913 g/mol. The zero-order valence-electron chi connectivity index (χ0n) is 39.0. The van der Waals surface area contributed by atoms with E-state index in [1.165, 1.54) is 50.1 Å². The van der Waals surface area contributed by atoms with Gasteiger partial charge in [-0.05, 0) is 161 Å². The summed E-state index contributed by atoms with van der Waals surface area (Å²) in [5.74, 6) is 0. The second-order valence-electron chi connectivity index (χ2n) is 19.9. The zero-order valence-corrected chi connectivity index (χ0v) is 39.0. The van der Waals surface area contributed by atoms with E-state index >= 15 is 0 Å². The van der Waals surface area contributed by atoms with Crippen LogP contribution in [0.15, 0.2) is 182 Å². The molecule has 348 valence electrons. The molecule has 6 N–H and O–H groups in total. The van der Waals surface area contributed by atoms with Crippen LogP contribution in [0.1, 0.15) is 50.1 Å². The van der Waals surface area contributed by atoms with Crippen molar-refractivity contribution in [3.8, 4) is 0 Å². The molecule has 0 aliphatic heterocycles. The van der Waals surface area contributed by atoms with Crippen LogP contribution in [0.3, 0.4) is 0 Å². The number of carbonyl (C=O) groups is 3. The number of benzene rings is 7. The summed E-state index contributed by atoms with van der Waals surface area (Å²) in [6.45, 7) is 1.47. The minimum atomic E-state index is -0.308. The topological polar surface area (TPSA) is 123 Å². The maximum absolute atomic E-state index is 13.7. The molecule has 3 aliphatic rings. The summed E-state index contributed by atoms with van der Waals surface area (Å²) in [4.78, 5) is 41.1. The highest BCUT2D eigenvalue weighted by atomic mass is 16.2. The van der Waals surface area contributed by atoms with E-state index in [0.717, 1.165) is 74.8 Å². The quantitative estimate of drug-likeness (QED) is 0.0614. The van der Waals surface area contributed by atoms with Crippen molar-refractivity contribution in [1.29, 1.82) is 0 Å². The molecule has 0 saturated heterocycles. The number of urea groups is 3. The Morgan fingerprint density at radius 1 is 0.304 bits per heavy atom. The Hall–Kier alpha value is -7.65. The maximum atomic E-state index is 13.7. The fourth-order valence-electron chi connectivity index (χ4n) is 11.7. The number of fused-ring (bicyclic) bond motifs is 6. The van der Waals surface area contributed by atoms with Crippen molar-refractivity contribution in [1.82, 2.24) is 16.0 Å². The Kier molecular flexibility index (Phi) is 13.0. The number of hydrogen-bond acceptors (Lipinski definition) is 3. The highest BCUT2D eigenvalue weighted by Gasteiger charge is 2.50. The van der Waals surface area contributed by atoms with Crippen molar-refractivity contribution < 1.29 is 14.4 Å². The summed E-state index contributed by atoms with van der Waals surface area (Å²) >= 11 is 0. The lowest BCUT2D eigenvalue weighted by Crippen LogP contribution is -2.42. The van der Waals surface area contributed by atoms with Gasteiger partial charge in [0.1, 0.15) is 0 Å². The van der Waals surface area contributed by atoms with Gasteiger partial charge in [-0.15, -0.1) is 0 Å². The molecule has 0 fully saturated rings. The molecular formula is C60H60N6O3. The molecule has 69 heavy (non-hydrogen) atoms. The van der Waals surface area contributed by atoms with Crippen LogP contribution in [0.25, 0.3) is 0 Å². The molecule has 7 aromatic carbocycles. The first-order valence-electron chi connectivity index (χ1n) is 24.3. The summed E-state index contributed by atoms with van der Waals surface area (Å²) in [5, 5.41) is 19.2. The van der Waals surface area contributed by atoms with Crippen molar-refractivity contribution in [2.24, 2.45) is 16.2 Å². The second kappa shape index (κ2) is 19.9. The Morgan fingerprint density at radius 3 is 0.725 bits per heavy atom. The van der Waals surface area contributed by atoms with Gasteiger partial charge in [-0.1, -0.05) is 146 Å². The number of rotatable bonds is 15. The number of carbonyl (C=O) groups excluding carboxylic acids is 3. The normalized spacial score (nSPS) is 19.7. The summed E-state index contributed by atoms with van der Waals surface area (Å²) in [6, 6.07) is 60.2. The van der Waals surface area contributed by atoms with Crippen molar-refractivity contribution in [2.45, 2.75) is 57.8 Å². The van der Waals surface area contributed by atoms with Crippen LogP contribution in [0.5, 0.6) is 0 Å². The van der Waals surface area contributed by atoms with Crippen LogP contribution in [0, 0.1) is 16.2 Å². The largest absolute Gasteiger partial charge is 0.337 e. The minimum absolute atomic E-state index is 0.219. The first-order valence-corrected chi connectivity index (χ1v) is 24.3. The number of anilines is 3. The summed E-state index contributed by atoms with van der Waals surface area (Å²) in [5.41, 5.74) is 13.5. The van der Waals surface area contributed by atoms with Crippen LogP contribution in [0.2, 0.25) is 0 Å². The average Bonchev–Trinajstić information content (AvgIpc) is 4.07. The first kappa shape index (κ1) is 45.1. The van der Waals surface area contributed by atoms with Gasteiger partial charge in [-0.25, -0.2) is 14.4 Å². The van der Waals surface area contributed by atoms with E-state index in [1.807, 2.05) is 91.0 Å². The molecule has 0 aromatic heterocycles. The highest BCUT2D eigenvalue weighted by Crippen LogP contribution is 2.55.